The molecule has 0 aliphatic rings. The lowest BCUT2D eigenvalue weighted by Gasteiger charge is -2.32. The molecule has 7 heteroatoms. The topological polar surface area (TPSA) is 106 Å². The van der Waals surface area contributed by atoms with Crippen LogP contribution in [-0.4, -0.2) is 30.8 Å². The molecule has 1 aromatic heterocycles. The van der Waals surface area contributed by atoms with Gasteiger partial charge in [-0.05, 0) is 6.92 Å². The first-order chi connectivity index (χ1) is 10.6. The Bertz CT molecular complexity index is 630. The predicted molar refractivity (Wildman–Crippen MR) is 83.3 cm³/mol. The van der Waals surface area contributed by atoms with Crippen LogP contribution in [0.2, 0.25) is 0 Å². The SMILES string of the molecule is CCOc1nc(N)nc(N)c1C(OC)(OC)c1ccccc1. The third-order valence-corrected chi connectivity index (χ3v) is 3.26. The minimum Gasteiger partial charge on any atom is -0.477 e. The summed E-state index contributed by atoms with van der Waals surface area (Å²) in [5, 5.41) is 0. The molecule has 2 aromatic rings. The van der Waals surface area contributed by atoms with Gasteiger partial charge in [0.15, 0.2) is 0 Å². The zero-order valence-corrected chi connectivity index (χ0v) is 12.9. The van der Waals surface area contributed by atoms with Crippen LogP contribution >= 0.6 is 0 Å². The lowest BCUT2D eigenvalue weighted by Crippen LogP contribution is -2.34. The van der Waals surface area contributed by atoms with Crippen molar-refractivity contribution in [3.05, 3.63) is 41.5 Å². The fourth-order valence-electron chi connectivity index (χ4n) is 2.35. The van der Waals surface area contributed by atoms with Crippen molar-refractivity contribution in [2.45, 2.75) is 12.7 Å². The van der Waals surface area contributed by atoms with E-state index in [-0.39, 0.29) is 17.6 Å². The minimum atomic E-state index is -1.29. The summed E-state index contributed by atoms with van der Waals surface area (Å²) in [5.41, 5.74) is 12.8. The first kappa shape index (κ1) is 16.0. The van der Waals surface area contributed by atoms with Crippen LogP contribution in [0, 0.1) is 0 Å². The van der Waals surface area contributed by atoms with Gasteiger partial charge in [0.25, 0.3) is 0 Å². The van der Waals surface area contributed by atoms with Crippen LogP contribution in [0.15, 0.2) is 30.3 Å². The number of rotatable bonds is 6. The molecule has 118 valence electrons. The normalized spacial score (nSPS) is 11.4. The van der Waals surface area contributed by atoms with E-state index in [9.17, 15) is 0 Å². The standard InChI is InChI=1S/C15H20N4O3/c1-4-22-13-11(12(16)18-14(17)19-13)15(20-2,21-3)10-8-6-5-7-9-10/h5-9H,4H2,1-3H3,(H4,16,17,18,19). The number of anilines is 2. The molecule has 4 N–H and O–H groups in total. The van der Waals surface area contributed by atoms with Crippen molar-refractivity contribution in [2.75, 3.05) is 32.3 Å². The number of aromatic nitrogens is 2. The molecule has 2 rings (SSSR count). The molecule has 0 unspecified atom stereocenters. The zero-order chi connectivity index (χ0) is 16.2. The van der Waals surface area contributed by atoms with E-state index in [4.69, 9.17) is 25.7 Å². The van der Waals surface area contributed by atoms with Gasteiger partial charge in [-0.1, -0.05) is 30.3 Å². The summed E-state index contributed by atoms with van der Waals surface area (Å²) in [4.78, 5) is 8.12. The molecular weight excluding hydrogens is 284 g/mol. The first-order valence-corrected chi connectivity index (χ1v) is 6.81. The Hall–Kier alpha value is -2.38. The van der Waals surface area contributed by atoms with Crippen molar-refractivity contribution in [1.29, 1.82) is 0 Å². The van der Waals surface area contributed by atoms with Crippen molar-refractivity contribution in [3.8, 4) is 5.88 Å². The summed E-state index contributed by atoms with van der Waals surface area (Å²) in [5.74, 6) is -0.883. The van der Waals surface area contributed by atoms with Crippen LogP contribution in [0.4, 0.5) is 11.8 Å². The number of nitrogen functional groups attached to an aromatic ring is 2. The summed E-state index contributed by atoms with van der Waals surface area (Å²) < 4.78 is 16.9. The highest BCUT2D eigenvalue weighted by atomic mass is 16.7. The highest BCUT2D eigenvalue weighted by molar-refractivity contribution is 5.55. The maximum absolute atomic E-state index is 6.06. The average molecular weight is 304 g/mol. The van der Waals surface area contributed by atoms with E-state index in [1.54, 1.807) is 0 Å². The molecule has 1 aromatic carbocycles. The highest BCUT2D eigenvalue weighted by Crippen LogP contribution is 2.41. The molecule has 0 saturated heterocycles. The second-order valence-corrected chi connectivity index (χ2v) is 4.47. The molecule has 1 heterocycles. The van der Waals surface area contributed by atoms with Gasteiger partial charge in [0.1, 0.15) is 11.4 Å². The molecule has 0 saturated carbocycles. The Labute approximate surface area is 129 Å². The zero-order valence-electron chi connectivity index (χ0n) is 12.9. The third-order valence-electron chi connectivity index (χ3n) is 3.26. The van der Waals surface area contributed by atoms with E-state index in [2.05, 4.69) is 9.97 Å². The number of nitrogens with two attached hydrogens (primary N) is 2. The largest absolute Gasteiger partial charge is 0.477 e. The molecule has 0 amide bonds. The summed E-state index contributed by atoms with van der Waals surface area (Å²) in [7, 11) is 3.03. The maximum Gasteiger partial charge on any atom is 0.230 e. The first-order valence-electron chi connectivity index (χ1n) is 6.81. The maximum atomic E-state index is 6.06. The quantitative estimate of drug-likeness (QED) is 0.779. The van der Waals surface area contributed by atoms with Gasteiger partial charge in [-0.3, -0.25) is 0 Å². The van der Waals surface area contributed by atoms with Crippen LogP contribution in [0.25, 0.3) is 0 Å². The van der Waals surface area contributed by atoms with Crippen LogP contribution in [-0.2, 0) is 15.3 Å². The van der Waals surface area contributed by atoms with E-state index in [0.717, 1.165) is 5.56 Å². The number of benzene rings is 1. The van der Waals surface area contributed by atoms with Crippen molar-refractivity contribution in [2.24, 2.45) is 0 Å². The van der Waals surface area contributed by atoms with Gasteiger partial charge in [-0.15, -0.1) is 0 Å². The van der Waals surface area contributed by atoms with Crippen LogP contribution in [0.1, 0.15) is 18.1 Å². The van der Waals surface area contributed by atoms with Crippen molar-refractivity contribution < 1.29 is 14.2 Å². The van der Waals surface area contributed by atoms with Crippen molar-refractivity contribution in [1.82, 2.24) is 9.97 Å². The second-order valence-electron chi connectivity index (χ2n) is 4.47. The van der Waals surface area contributed by atoms with Crippen LogP contribution in [0.5, 0.6) is 5.88 Å². The number of nitrogens with zero attached hydrogens (tertiary/aromatic N) is 2. The molecule has 0 radical (unpaired) electrons. The number of hydrogen-bond donors (Lipinski definition) is 2. The lowest BCUT2D eigenvalue weighted by molar-refractivity contribution is -0.184. The van der Waals surface area contributed by atoms with E-state index >= 15 is 0 Å². The summed E-state index contributed by atoms with van der Waals surface area (Å²) in [6, 6.07) is 9.36. The fourth-order valence-corrected chi connectivity index (χ4v) is 2.35. The second kappa shape index (κ2) is 6.59. The lowest BCUT2D eigenvalue weighted by atomic mass is 9.98. The molecule has 0 aliphatic heterocycles. The molecule has 0 aliphatic carbocycles. The van der Waals surface area contributed by atoms with Gasteiger partial charge >= 0.3 is 0 Å². The van der Waals surface area contributed by atoms with Gasteiger partial charge in [0, 0.05) is 19.8 Å². The van der Waals surface area contributed by atoms with Gasteiger partial charge in [0.05, 0.1) is 6.61 Å². The van der Waals surface area contributed by atoms with Crippen molar-refractivity contribution >= 4 is 11.8 Å². The summed E-state index contributed by atoms with van der Waals surface area (Å²) >= 11 is 0. The fraction of sp³-hybridized carbons (Fsp3) is 0.333. The molecule has 0 spiro atoms. The predicted octanol–water partition coefficient (Wildman–Crippen LogP) is 1.53. The van der Waals surface area contributed by atoms with E-state index in [1.807, 2.05) is 37.3 Å². The molecule has 0 bridgehead atoms. The monoisotopic (exact) mass is 304 g/mol. The Kier molecular flexibility index (Phi) is 4.79. The van der Waals surface area contributed by atoms with Crippen LogP contribution < -0.4 is 16.2 Å². The molecular formula is C15H20N4O3. The van der Waals surface area contributed by atoms with Gasteiger partial charge in [-0.2, -0.15) is 9.97 Å². The molecule has 7 nitrogen and oxygen atoms in total. The van der Waals surface area contributed by atoms with E-state index in [0.29, 0.717) is 12.2 Å². The molecule has 0 fully saturated rings. The third kappa shape index (κ3) is 2.68. The Morgan fingerprint density at radius 1 is 1.05 bits per heavy atom. The van der Waals surface area contributed by atoms with Gasteiger partial charge in [0.2, 0.25) is 17.6 Å². The van der Waals surface area contributed by atoms with Crippen molar-refractivity contribution in [3.63, 3.8) is 0 Å². The smallest absolute Gasteiger partial charge is 0.230 e. The van der Waals surface area contributed by atoms with E-state index in [1.165, 1.54) is 14.2 Å². The number of hydrogen-bond acceptors (Lipinski definition) is 7. The van der Waals surface area contributed by atoms with Gasteiger partial charge < -0.3 is 25.7 Å². The minimum absolute atomic E-state index is 0.0267. The number of methoxy groups -OCH3 is 2. The average Bonchev–Trinajstić information content (AvgIpc) is 2.52. The Morgan fingerprint density at radius 3 is 2.23 bits per heavy atom. The summed E-state index contributed by atoms with van der Waals surface area (Å²) in [6.45, 7) is 2.23. The molecule has 22 heavy (non-hydrogen) atoms. The van der Waals surface area contributed by atoms with Gasteiger partial charge in [-0.25, -0.2) is 0 Å². The molecule has 0 atom stereocenters. The Morgan fingerprint density at radius 2 is 1.68 bits per heavy atom. The summed E-state index contributed by atoms with van der Waals surface area (Å²) in [6.07, 6.45) is 0. The van der Waals surface area contributed by atoms with Crippen LogP contribution in [0.3, 0.4) is 0 Å². The van der Waals surface area contributed by atoms with E-state index < -0.39 is 5.79 Å². The number of ether oxygens (including phenoxy) is 3. The Balaban J connectivity index is 2.73. The highest BCUT2D eigenvalue weighted by Gasteiger charge is 2.41.